The Morgan fingerprint density at radius 1 is 1.08 bits per heavy atom. The molecule has 0 aromatic heterocycles. The smallest absolute Gasteiger partial charge is 0.297 e. The maximum absolute atomic E-state index is 12.8. The molecular weight excluding hydrogens is 336 g/mol. The van der Waals surface area contributed by atoms with Gasteiger partial charge in [-0.25, -0.2) is 0 Å². The first kappa shape index (κ1) is 18.9. The predicted octanol–water partition coefficient (Wildman–Crippen LogP) is 4.61. The minimum Gasteiger partial charge on any atom is -0.368 e. The molecule has 25 heavy (non-hydrogen) atoms. The van der Waals surface area contributed by atoms with Crippen molar-refractivity contribution in [1.29, 1.82) is 0 Å². The fraction of sp³-hybridized carbons (Fsp3) is 0.700. The van der Waals surface area contributed by atoms with Crippen LogP contribution in [-0.4, -0.2) is 26.2 Å². The van der Waals surface area contributed by atoms with E-state index >= 15 is 0 Å². The van der Waals surface area contributed by atoms with Crippen LogP contribution in [0.5, 0.6) is 0 Å². The van der Waals surface area contributed by atoms with Gasteiger partial charge in [-0.1, -0.05) is 57.7 Å². The lowest BCUT2D eigenvalue weighted by molar-refractivity contribution is -0.107. The van der Waals surface area contributed by atoms with Crippen molar-refractivity contribution >= 4 is 10.1 Å². The molecule has 1 aromatic carbocycles. The van der Waals surface area contributed by atoms with E-state index in [4.69, 9.17) is 8.92 Å². The predicted molar refractivity (Wildman–Crippen MR) is 98.0 cm³/mol. The summed E-state index contributed by atoms with van der Waals surface area (Å²) in [5.74, 6) is 0. The van der Waals surface area contributed by atoms with Gasteiger partial charge in [0.05, 0.1) is 16.6 Å². The van der Waals surface area contributed by atoms with Crippen LogP contribution in [0.1, 0.15) is 64.9 Å². The van der Waals surface area contributed by atoms with Crippen LogP contribution in [-0.2, 0) is 19.0 Å². The highest BCUT2D eigenvalue weighted by Gasteiger charge is 2.52. The lowest BCUT2D eigenvalue weighted by Gasteiger charge is -2.35. The summed E-state index contributed by atoms with van der Waals surface area (Å²) in [5.41, 5.74) is 0.648. The van der Waals surface area contributed by atoms with E-state index < -0.39 is 16.2 Å². The molecule has 1 heterocycles. The molecule has 2 unspecified atom stereocenters. The molecule has 2 atom stereocenters. The highest BCUT2D eigenvalue weighted by Crippen LogP contribution is 2.48. The number of hydrogen-bond donors (Lipinski definition) is 0. The van der Waals surface area contributed by atoms with Gasteiger partial charge in [-0.05, 0) is 37.3 Å². The van der Waals surface area contributed by atoms with Gasteiger partial charge in [0.15, 0.2) is 0 Å². The highest BCUT2D eigenvalue weighted by molar-refractivity contribution is 7.86. The van der Waals surface area contributed by atoms with Crippen LogP contribution in [0.3, 0.4) is 0 Å². The van der Waals surface area contributed by atoms with Gasteiger partial charge in [0.25, 0.3) is 10.1 Å². The van der Waals surface area contributed by atoms with Crippen LogP contribution in [0.4, 0.5) is 0 Å². The molecule has 1 saturated heterocycles. The zero-order chi connectivity index (χ0) is 18.3. The molecule has 1 aliphatic carbocycles. The first-order valence-corrected chi connectivity index (χ1v) is 10.7. The zero-order valence-electron chi connectivity index (χ0n) is 15.7. The zero-order valence-corrected chi connectivity index (χ0v) is 16.6. The molecule has 1 aliphatic heterocycles. The van der Waals surface area contributed by atoms with Crippen LogP contribution >= 0.6 is 0 Å². The van der Waals surface area contributed by atoms with Crippen molar-refractivity contribution in [2.45, 2.75) is 88.9 Å². The average Bonchev–Trinajstić information content (AvgIpc) is 2.86. The van der Waals surface area contributed by atoms with Crippen molar-refractivity contribution in [1.82, 2.24) is 0 Å². The van der Waals surface area contributed by atoms with Gasteiger partial charge >= 0.3 is 0 Å². The molecular formula is C20H30O4S. The Balaban J connectivity index is 1.84. The van der Waals surface area contributed by atoms with Crippen LogP contribution in [0, 0.1) is 12.3 Å². The summed E-state index contributed by atoms with van der Waals surface area (Å²) in [5, 5.41) is 0. The van der Waals surface area contributed by atoms with Crippen molar-refractivity contribution in [3.8, 4) is 0 Å². The second kappa shape index (κ2) is 6.67. The monoisotopic (exact) mass is 366 g/mol. The van der Waals surface area contributed by atoms with Crippen molar-refractivity contribution in [2.75, 3.05) is 0 Å². The molecule has 2 aliphatic rings. The number of aryl methyl sites for hydroxylation is 1. The Morgan fingerprint density at radius 3 is 2.24 bits per heavy atom. The largest absolute Gasteiger partial charge is 0.368 e. The molecule has 0 N–H and O–H groups in total. The Hall–Kier alpha value is -0.910. The highest BCUT2D eigenvalue weighted by atomic mass is 32.2. The summed E-state index contributed by atoms with van der Waals surface area (Å²) in [6.45, 7) is 8.21. The number of benzene rings is 1. The van der Waals surface area contributed by atoms with Crippen LogP contribution in [0.25, 0.3) is 0 Å². The Bertz CT molecular complexity index is 694. The van der Waals surface area contributed by atoms with Crippen molar-refractivity contribution in [2.24, 2.45) is 5.41 Å². The van der Waals surface area contributed by atoms with Gasteiger partial charge < -0.3 is 4.74 Å². The summed E-state index contributed by atoms with van der Waals surface area (Å²) in [6.07, 6.45) is 5.56. The van der Waals surface area contributed by atoms with Crippen molar-refractivity contribution in [3.63, 3.8) is 0 Å². The summed E-state index contributed by atoms with van der Waals surface area (Å²) in [6, 6.07) is 6.82. The van der Waals surface area contributed by atoms with E-state index in [0.717, 1.165) is 31.2 Å². The van der Waals surface area contributed by atoms with E-state index in [1.54, 1.807) is 24.3 Å². The lowest BCUT2D eigenvalue weighted by Crippen LogP contribution is -2.38. The quantitative estimate of drug-likeness (QED) is 0.733. The number of rotatable bonds is 3. The molecule has 140 valence electrons. The lowest BCUT2D eigenvalue weighted by atomic mass is 9.81. The summed E-state index contributed by atoms with van der Waals surface area (Å²) in [7, 11) is -3.79. The van der Waals surface area contributed by atoms with Gasteiger partial charge in [-0.15, -0.1) is 0 Å². The normalized spacial score (nSPS) is 26.9. The minimum atomic E-state index is -3.79. The molecule has 5 heteroatoms. The summed E-state index contributed by atoms with van der Waals surface area (Å²) < 4.78 is 37.7. The van der Waals surface area contributed by atoms with Crippen LogP contribution < -0.4 is 0 Å². The maximum Gasteiger partial charge on any atom is 0.297 e. The minimum absolute atomic E-state index is 0.172. The molecule has 1 saturated carbocycles. The Morgan fingerprint density at radius 2 is 1.68 bits per heavy atom. The topological polar surface area (TPSA) is 52.6 Å². The van der Waals surface area contributed by atoms with Crippen LogP contribution in [0.2, 0.25) is 0 Å². The van der Waals surface area contributed by atoms with E-state index in [0.29, 0.717) is 6.42 Å². The van der Waals surface area contributed by atoms with Gasteiger partial charge in [-0.2, -0.15) is 8.42 Å². The van der Waals surface area contributed by atoms with Gasteiger partial charge in [0, 0.05) is 6.42 Å². The van der Waals surface area contributed by atoms with Crippen molar-refractivity contribution < 1.29 is 17.3 Å². The second-order valence-corrected chi connectivity index (χ2v) is 10.3. The molecule has 0 bridgehead atoms. The summed E-state index contributed by atoms with van der Waals surface area (Å²) in [4.78, 5) is 0.218. The number of hydrogen-bond acceptors (Lipinski definition) is 4. The number of ether oxygens (including phenoxy) is 1. The summed E-state index contributed by atoms with van der Waals surface area (Å²) >= 11 is 0. The van der Waals surface area contributed by atoms with Gasteiger partial charge in [0.1, 0.15) is 6.10 Å². The average molecular weight is 367 g/mol. The van der Waals surface area contributed by atoms with Gasteiger partial charge in [0.2, 0.25) is 0 Å². The SMILES string of the molecule is Cc1ccc(S(=O)(=O)OC2CC3(CCCCC3)OC2C(C)(C)C)cc1. The van der Waals surface area contributed by atoms with Crippen molar-refractivity contribution in [3.05, 3.63) is 29.8 Å². The molecule has 3 rings (SSSR count). The van der Waals surface area contributed by atoms with E-state index in [-0.39, 0.29) is 22.0 Å². The molecule has 0 amide bonds. The fourth-order valence-corrected chi connectivity index (χ4v) is 5.20. The molecule has 2 fully saturated rings. The first-order valence-electron chi connectivity index (χ1n) is 9.29. The van der Waals surface area contributed by atoms with E-state index in [2.05, 4.69) is 20.8 Å². The van der Waals surface area contributed by atoms with E-state index in [1.165, 1.54) is 6.42 Å². The van der Waals surface area contributed by atoms with Gasteiger partial charge in [-0.3, -0.25) is 4.18 Å². The Kier molecular flexibility index (Phi) is 5.04. The van der Waals surface area contributed by atoms with E-state index in [9.17, 15) is 8.42 Å². The first-order chi connectivity index (χ1) is 11.6. The molecule has 1 aromatic rings. The standard InChI is InChI=1S/C20H30O4S/c1-15-8-10-16(11-9-15)25(21,22)24-17-14-20(12-6-5-7-13-20)23-18(17)19(2,3)4/h8-11,17-18H,5-7,12-14H2,1-4H3. The molecule has 4 nitrogen and oxygen atoms in total. The Labute approximate surface area is 152 Å². The fourth-order valence-electron chi connectivity index (χ4n) is 4.13. The second-order valence-electron chi connectivity index (χ2n) is 8.75. The van der Waals surface area contributed by atoms with E-state index in [1.807, 2.05) is 6.92 Å². The maximum atomic E-state index is 12.8. The third kappa shape index (κ3) is 4.09. The van der Waals surface area contributed by atoms with Crippen LogP contribution in [0.15, 0.2) is 29.2 Å². The third-order valence-electron chi connectivity index (χ3n) is 5.47. The molecule has 1 spiro atoms. The molecule has 0 radical (unpaired) electrons. The third-order valence-corrected chi connectivity index (χ3v) is 6.82.